The Labute approximate surface area is 260 Å². The van der Waals surface area contributed by atoms with Gasteiger partial charge < -0.3 is 24.7 Å². The first-order valence-electron chi connectivity index (χ1n) is 13.7. The van der Waals surface area contributed by atoms with E-state index in [2.05, 4.69) is 80.4 Å². The number of aldehydes is 1. The lowest BCUT2D eigenvalue weighted by Gasteiger charge is -2.26. The predicted octanol–water partition coefficient (Wildman–Crippen LogP) is 8.03. The number of likely N-dealkylation sites (N-methyl/N-ethyl adjacent to an activating group) is 1. The monoisotopic (exact) mass is 618 g/mol. The normalized spacial score (nSPS) is 12.1. The third-order valence-corrected chi connectivity index (χ3v) is 7.85. The van der Waals surface area contributed by atoms with E-state index in [1.54, 1.807) is 17.8 Å². The zero-order chi connectivity index (χ0) is 30.7. The largest absolute Gasteiger partial charge is 0.383 e. The topological polar surface area (TPSA) is 68.2 Å². The van der Waals surface area contributed by atoms with Crippen LogP contribution in [0.2, 0.25) is 10.0 Å². The van der Waals surface area contributed by atoms with Gasteiger partial charge in [-0.1, -0.05) is 55.4 Å². The van der Waals surface area contributed by atoms with Crippen LogP contribution < -0.4 is 10.6 Å². The molecule has 0 saturated carbocycles. The molecule has 1 atom stereocenters. The van der Waals surface area contributed by atoms with E-state index >= 15 is 0 Å². The minimum Gasteiger partial charge on any atom is -0.383 e. The molecule has 0 aliphatic rings. The van der Waals surface area contributed by atoms with Gasteiger partial charge in [-0.05, 0) is 94.6 Å². The van der Waals surface area contributed by atoms with E-state index in [0.29, 0.717) is 29.1 Å². The molecule has 2 N–H and O–H groups in total. The first-order chi connectivity index (χ1) is 19.3. The molecule has 1 aromatic carbocycles. The molecule has 3 aromatic rings. The predicted molar refractivity (Wildman–Crippen MR) is 173 cm³/mol. The number of ether oxygens (including phenoxy) is 1. The number of hydrogen-bond donors (Lipinski definition) is 2. The van der Waals surface area contributed by atoms with Gasteiger partial charge in [0.2, 0.25) is 0 Å². The van der Waals surface area contributed by atoms with Crippen molar-refractivity contribution < 1.29 is 9.53 Å². The fourth-order valence-electron chi connectivity index (χ4n) is 4.29. The highest BCUT2D eigenvalue weighted by Gasteiger charge is 2.24. The van der Waals surface area contributed by atoms with Gasteiger partial charge in [0.05, 0.1) is 23.3 Å². The number of rotatable bonds is 12. The van der Waals surface area contributed by atoms with Gasteiger partial charge in [-0.25, -0.2) is 0 Å². The maximum absolute atomic E-state index is 8.81. The van der Waals surface area contributed by atoms with Crippen molar-refractivity contribution in [3.63, 3.8) is 0 Å². The third kappa shape index (κ3) is 10.8. The summed E-state index contributed by atoms with van der Waals surface area (Å²) in [6, 6.07) is 9.82. The summed E-state index contributed by atoms with van der Waals surface area (Å²) in [6.07, 6.45) is 4.43. The van der Waals surface area contributed by atoms with Crippen molar-refractivity contribution in [3.05, 3.63) is 87.4 Å². The molecule has 0 bridgehead atoms. The Balaban J connectivity index is 0.00000187. The molecule has 224 valence electrons. The number of aromatic nitrogens is 2. The average molecular weight is 620 g/mol. The number of halogens is 2. The summed E-state index contributed by atoms with van der Waals surface area (Å²) in [5, 5.41) is 9.37. The minimum atomic E-state index is -0.212. The quantitative estimate of drug-likeness (QED) is 0.200. The summed E-state index contributed by atoms with van der Waals surface area (Å²) in [5.74, 6) is 0.305. The van der Waals surface area contributed by atoms with Gasteiger partial charge in [-0.2, -0.15) is 0 Å². The van der Waals surface area contributed by atoms with Crippen LogP contribution in [0.15, 0.2) is 64.9 Å². The standard InChI is InChI=1S/C30H40Cl2N4OS.C2H4O/c1-19(2)28-26(16-35-20(3)27(33-8)18-37-30(5,6)7)21(4)36(17-22-9-11-34-12-10-22)29(28)38-25-14-23(31)13-24(32)15-25;1-2-3/h9-15,19,27,33,35H,3,16-18H2,1-2,4-8H3;2H,1H3. The van der Waals surface area contributed by atoms with Crippen LogP contribution in [0.3, 0.4) is 0 Å². The van der Waals surface area contributed by atoms with E-state index in [9.17, 15) is 0 Å². The number of nitrogens with one attached hydrogen (secondary N) is 2. The first-order valence-corrected chi connectivity index (χ1v) is 15.3. The van der Waals surface area contributed by atoms with Crippen LogP contribution in [0.4, 0.5) is 0 Å². The van der Waals surface area contributed by atoms with Crippen molar-refractivity contribution >= 4 is 41.2 Å². The van der Waals surface area contributed by atoms with Gasteiger partial charge in [-0.3, -0.25) is 4.98 Å². The zero-order valence-corrected chi connectivity index (χ0v) is 27.8. The Hall–Kier alpha value is -2.29. The molecule has 2 heterocycles. The summed E-state index contributed by atoms with van der Waals surface area (Å²) in [6.45, 7) is 20.6. The van der Waals surface area contributed by atoms with E-state index < -0.39 is 0 Å². The fraction of sp³-hybridized carbons (Fsp3) is 0.438. The van der Waals surface area contributed by atoms with Crippen LogP contribution in [0, 0.1) is 6.92 Å². The van der Waals surface area contributed by atoms with E-state index in [-0.39, 0.29) is 11.6 Å². The highest BCUT2D eigenvalue weighted by atomic mass is 35.5. The molecule has 2 aromatic heterocycles. The lowest BCUT2D eigenvalue weighted by Crippen LogP contribution is -2.39. The molecule has 0 spiro atoms. The summed E-state index contributed by atoms with van der Waals surface area (Å²) >= 11 is 14.4. The van der Waals surface area contributed by atoms with Crippen molar-refractivity contribution in [1.29, 1.82) is 0 Å². The smallest absolute Gasteiger partial charge is 0.116 e. The molecule has 0 amide bonds. The lowest BCUT2D eigenvalue weighted by atomic mass is 10.0. The van der Waals surface area contributed by atoms with Crippen molar-refractivity contribution in [2.75, 3.05) is 13.7 Å². The molecule has 41 heavy (non-hydrogen) atoms. The molecule has 0 radical (unpaired) electrons. The highest BCUT2D eigenvalue weighted by Crippen LogP contribution is 2.41. The highest BCUT2D eigenvalue weighted by molar-refractivity contribution is 7.99. The molecule has 3 rings (SSSR count). The van der Waals surface area contributed by atoms with Gasteiger partial charge in [0.25, 0.3) is 0 Å². The SMILES string of the molecule is C=C(NCc1c(C(C)C)c(Sc2cc(Cl)cc(Cl)c2)n(Cc2ccncc2)c1C)C(COC(C)(C)C)NC.CC=O. The van der Waals surface area contributed by atoms with Gasteiger partial charge in [0.15, 0.2) is 0 Å². The number of pyridine rings is 1. The Kier molecular flexibility index (Phi) is 13.9. The average Bonchev–Trinajstić information content (AvgIpc) is 3.13. The van der Waals surface area contributed by atoms with E-state index in [1.165, 1.54) is 34.3 Å². The summed E-state index contributed by atoms with van der Waals surface area (Å²) < 4.78 is 8.41. The molecule has 1 unspecified atom stereocenters. The van der Waals surface area contributed by atoms with Crippen LogP contribution in [0.1, 0.15) is 69.8 Å². The molecule has 0 saturated heterocycles. The second kappa shape index (κ2) is 16.4. The van der Waals surface area contributed by atoms with E-state index in [4.69, 9.17) is 32.7 Å². The van der Waals surface area contributed by atoms with Gasteiger partial charge in [0.1, 0.15) is 6.29 Å². The zero-order valence-electron chi connectivity index (χ0n) is 25.5. The van der Waals surface area contributed by atoms with Crippen molar-refractivity contribution in [2.45, 2.75) is 89.0 Å². The number of nitrogens with zero attached hydrogens (tertiary/aromatic N) is 2. The van der Waals surface area contributed by atoms with E-state index in [1.807, 2.05) is 31.6 Å². The Morgan fingerprint density at radius 1 is 1.17 bits per heavy atom. The van der Waals surface area contributed by atoms with Crippen LogP contribution in [0.25, 0.3) is 0 Å². The lowest BCUT2D eigenvalue weighted by molar-refractivity contribution is -0.106. The van der Waals surface area contributed by atoms with E-state index in [0.717, 1.165) is 23.4 Å². The van der Waals surface area contributed by atoms with Crippen LogP contribution in [0.5, 0.6) is 0 Å². The number of hydrogen-bond acceptors (Lipinski definition) is 6. The molecule has 0 fully saturated rings. The minimum absolute atomic E-state index is 0.00150. The molecule has 6 nitrogen and oxygen atoms in total. The Morgan fingerprint density at radius 2 is 1.76 bits per heavy atom. The van der Waals surface area contributed by atoms with Crippen LogP contribution in [-0.2, 0) is 22.6 Å². The van der Waals surface area contributed by atoms with Gasteiger partial charge >= 0.3 is 0 Å². The van der Waals surface area contributed by atoms with Crippen LogP contribution in [-0.4, -0.2) is 41.1 Å². The van der Waals surface area contributed by atoms with Gasteiger partial charge in [-0.15, -0.1) is 0 Å². The van der Waals surface area contributed by atoms with Gasteiger partial charge in [0, 0.05) is 51.8 Å². The Bertz CT molecular complexity index is 1270. The molecule has 0 aliphatic carbocycles. The number of carbonyl (C=O) groups is 1. The van der Waals surface area contributed by atoms with Crippen LogP contribution >= 0.6 is 35.0 Å². The molecular weight excluding hydrogens is 575 g/mol. The third-order valence-electron chi connectivity index (χ3n) is 6.30. The number of carbonyl (C=O) groups excluding carboxylic acids is 1. The second-order valence-electron chi connectivity index (χ2n) is 11.0. The summed E-state index contributed by atoms with van der Waals surface area (Å²) in [7, 11) is 1.93. The molecule has 0 aliphatic heterocycles. The first kappa shape index (κ1) is 34.9. The summed E-state index contributed by atoms with van der Waals surface area (Å²) in [5.41, 5.74) is 5.69. The fourth-order valence-corrected chi connectivity index (χ4v) is 6.32. The van der Waals surface area contributed by atoms with Crippen molar-refractivity contribution in [3.8, 4) is 0 Å². The molecular formula is C32H44Cl2N4O2S. The Morgan fingerprint density at radius 3 is 2.27 bits per heavy atom. The number of benzene rings is 1. The van der Waals surface area contributed by atoms with Crippen molar-refractivity contribution in [1.82, 2.24) is 20.2 Å². The molecule has 9 heteroatoms. The van der Waals surface area contributed by atoms with Crippen molar-refractivity contribution in [2.24, 2.45) is 0 Å². The summed E-state index contributed by atoms with van der Waals surface area (Å²) in [4.78, 5) is 14.0. The maximum atomic E-state index is 8.81. The second-order valence-corrected chi connectivity index (χ2v) is 12.9. The maximum Gasteiger partial charge on any atom is 0.116 e.